The van der Waals surface area contributed by atoms with Crippen molar-refractivity contribution in [2.45, 2.75) is 38.2 Å². The van der Waals surface area contributed by atoms with Gasteiger partial charge in [-0.25, -0.2) is 0 Å². The molecule has 144 valence electrons. The van der Waals surface area contributed by atoms with Crippen LogP contribution < -0.4 is 4.90 Å². The lowest BCUT2D eigenvalue weighted by molar-refractivity contribution is 0.687. The van der Waals surface area contributed by atoms with Gasteiger partial charge in [-0.2, -0.15) is 5.26 Å². The number of hydrogen-bond acceptors (Lipinski definition) is 5. The van der Waals surface area contributed by atoms with Crippen LogP contribution in [-0.4, -0.2) is 27.9 Å². The fourth-order valence-corrected chi connectivity index (χ4v) is 4.21. The molecule has 0 unspecified atom stereocenters. The predicted molar refractivity (Wildman–Crippen MR) is 115 cm³/mol. The number of anilines is 1. The van der Waals surface area contributed by atoms with Crippen molar-refractivity contribution in [2.24, 2.45) is 0 Å². The first-order valence-corrected chi connectivity index (χ1v) is 10.6. The molecule has 0 aliphatic rings. The minimum atomic E-state index is 0.697. The van der Waals surface area contributed by atoms with E-state index in [-0.39, 0.29) is 0 Å². The Kier molecular flexibility index (Phi) is 6.72. The van der Waals surface area contributed by atoms with Crippen LogP contribution in [0.4, 0.5) is 5.69 Å². The fourth-order valence-electron chi connectivity index (χ4n) is 3.20. The summed E-state index contributed by atoms with van der Waals surface area (Å²) in [6, 6.07) is 18.5. The number of hydrogen-bond donors (Lipinski definition) is 0. The van der Waals surface area contributed by atoms with Crippen LogP contribution in [-0.2, 0) is 12.3 Å². The number of nitriles is 1. The Labute approximate surface area is 171 Å². The van der Waals surface area contributed by atoms with Crippen LogP contribution in [0.25, 0.3) is 11.4 Å². The first-order chi connectivity index (χ1) is 13.7. The molecule has 0 aliphatic carbocycles. The maximum Gasteiger partial charge on any atom is 0.191 e. The Morgan fingerprint density at radius 1 is 1.00 bits per heavy atom. The third-order valence-electron chi connectivity index (χ3n) is 4.78. The molecule has 2 aromatic carbocycles. The highest BCUT2D eigenvalue weighted by atomic mass is 32.2. The zero-order chi connectivity index (χ0) is 19.9. The van der Waals surface area contributed by atoms with E-state index in [0.717, 1.165) is 41.7 Å². The molecule has 0 atom stereocenters. The smallest absolute Gasteiger partial charge is 0.191 e. The summed E-state index contributed by atoms with van der Waals surface area (Å²) in [5.41, 5.74) is 4.02. The van der Waals surface area contributed by atoms with Crippen LogP contribution in [0.1, 0.15) is 31.9 Å². The van der Waals surface area contributed by atoms with Crippen LogP contribution in [0, 0.1) is 11.3 Å². The summed E-state index contributed by atoms with van der Waals surface area (Å²) >= 11 is 1.62. The Balaban J connectivity index is 1.81. The third kappa shape index (κ3) is 4.20. The first kappa shape index (κ1) is 20.0. The number of aromatic nitrogens is 3. The number of nitrogens with zero attached hydrogens (tertiary/aromatic N) is 5. The van der Waals surface area contributed by atoms with Gasteiger partial charge in [0.1, 0.15) is 0 Å². The standard InChI is InChI=1S/C22H25N5S/c1-4-26(5-2)20-13-11-17(12-14-20)21-24-25-22(27(21)6-3)28-16-19-10-8-7-9-18(19)15-23/h7-14H,4-6,16H2,1-3H3. The van der Waals surface area contributed by atoms with Crippen molar-refractivity contribution in [3.05, 3.63) is 59.7 Å². The fraction of sp³-hybridized carbons (Fsp3) is 0.318. The average Bonchev–Trinajstić information content (AvgIpc) is 3.16. The molecule has 0 aliphatic heterocycles. The van der Waals surface area contributed by atoms with Gasteiger partial charge in [0.15, 0.2) is 11.0 Å². The molecule has 0 bridgehead atoms. The lowest BCUT2D eigenvalue weighted by atomic mass is 10.1. The molecule has 6 heteroatoms. The van der Waals surface area contributed by atoms with Gasteiger partial charge in [-0.3, -0.25) is 0 Å². The normalized spacial score (nSPS) is 10.6. The Morgan fingerprint density at radius 2 is 1.71 bits per heavy atom. The average molecular weight is 392 g/mol. The molecule has 0 saturated heterocycles. The van der Waals surface area contributed by atoms with E-state index in [0.29, 0.717) is 11.3 Å². The molecule has 0 N–H and O–H groups in total. The molecular weight excluding hydrogens is 366 g/mol. The molecule has 1 heterocycles. The molecule has 0 fully saturated rings. The topological polar surface area (TPSA) is 57.7 Å². The van der Waals surface area contributed by atoms with Gasteiger partial charge >= 0.3 is 0 Å². The maximum atomic E-state index is 9.27. The lowest BCUT2D eigenvalue weighted by Crippen LogP contribution is -2.21. The van der Waals surface area contributed by atoms with Crippen molar-refractivity contribution >= 4 is 17.4 Å². The largest absolute Gasteiger partial charge is 0.372 e. The monoisotopic (exact) mass is 391 g/mol. The summed E-state index contributed by atoms with van der Waals surface area (Å²) in [5, 5.41) is 19.0. The maximum absolute atomic E-state index is 9.27. The molecule has 0 radical (unpaired) electrons. The van der Waals surface area contributed by atoms with Crippen molar-refractivity contribution < 1.29 is 0 Å². The highest BCUT2D eigenvalue weighted by molar-refractivity contribution is 7.98. The highest BCUT2D eigenvalue weighted by Crippen LogP contribution is 2.28. The molecular formula is C22H25N5S. The summed E-state index contributed by atoms with van der Waals surface area (Å²) in [4.78, 5) is 2.32. The van der Waals surface area contributed by atoms with Gasteiger partial charge in [-0.1, -0.05) is 30.0 Å². The van der Waals surface area contributed by atoms with E-state index < -0.39 is 0 Å². The highest BCUT2D eigenvalue weighted by Gasteiger charge is 2.14. The Hall–Kier alpha value is -2.78. The zero-order valence-corrected chi connectivity index (χ0v) is 17.4. The molecule has 0 amide bonds. The summed E-state index contributed by atoms with van der Waals surface area (Å²) in [5.74, 6) is 1.58. The lowest BCUT2D eigenvalue weighted by Gasteiger charge is -2.21. The van der Waals surface area contributed by atoms with Gasteiger partial charge < -0.3 is 9.47 Å². The summed E-state index contributed by atoms with van der Waals surface area (Å²) in [6.45, 7) is 9.21. The predicted octanol–water partition coefficient (Wildman–Crippen LogP) is 4.98. The first-order valence-electron chi connectivity index (χ1n) is 9.61. The van der Waals surface area contributed by atoms with E-state index in [4.69, 9.17) is 0 Å². The van der Waals surface area contributed by atoms with Gasteiger partial charge in [-0.15, -0.1) is 10.2 Å². The molecule has 28 heavy (non-hydrogen) atoms. The second-order valence-corrected chi connectivity index (χ2v) is 7.27. The van der Waals surface area contributed by atoms with E-state index >= 15 is 0 Å². The summed E-state index contributed by atoms with van der Waals surface area (Å²) < 4.78 is 2.13. The van der Waals surface area contributed by atoms with E-state index in [9.17, 15) is 5.26 Å². The van der Waals surface area contributed by atoms with E-state index in [1.807, 2.05) is 24.3 Å². The zero-order valence-electron chi connectivity index (χ0n) is 16.6. The van der Waals surface area contributed by atoms with Gasteiger partial charge in [0.2, 0.25) is 0 Å². The summed E-state index contributed by atoms with van der Waals surface area (Å²) in [6.07, 6.45) is 0. The van der Waals surface area contributed by atoms with Gasteiger partial charge in [-0.05, 0) is 56.7 Å². The number of benzene rings is 2. The number of thioether (sulfide) groups is 1. The van der Waals surface area contributed by atoms with E-state index in [1.54, 1.807) is 11.8 Å². The van der Waals surface area contributed by atoms with Crippen LogP contribution in [0.15, 0.2) is 53.7 Å². The van der Waals surface area contributed by atoms with Gasteiger partial charge in [0.05, 0.1) is 11.6 Å². The van der Waals surface area contributed by atoms with Crippen LogP contribution in [0.5, 0.6) is 0 Å². The molecule has 0 spiro atoms. The van der Waals surface area contributed by atoms with E-state index in [2.05, 4.69) is 70.8 Å². The van der Waals surface area contributed by atoms with Crippen LogP contribution in [0.3, 0.4) is 0 Å². The van der Waals surface area contributed by atoms with Crippen molar-refractivity contribution in [1.29, 1.82) is 5.26 Å². The summed E-state index contributed by atoms with van der Waals surface area (Å²) in [7, 11) is 0. The SMILES string of the molecule is CCN(CC)c1ccc(-c2nnc(SCc3ccccc3C#N)n2CC)cc1. The van der Waals surface area contributed by atoms with Crippen molar-refractivity contribution in [3.63, 3.8) is 0 Å². The van der Waals surface area contributed by atoms with Crippen molar-refractivity contribution in [2.75, 3.05) is 18.0 Å². The second-order valence-electron chi connectivity index (χ2n) is 6.33. The molecule has 1 aromatic heterocycles. The van der Waals surface area contributed by atoms with Crippen molar-refractivity contribution in [3.8, 4) is 17.5 Å². The Morgan fingerprint density at radius 3 is 2.36 bits per heavy atom. The second kappa shape index (κ2) is 9.43. The molecule has 0 saturated carbocycles. The Bertz CT molecular complexity index is 952. The quantitative estimate of drug-likeness (QED) is 0.507. The molecule has 3 rings (SSSR count). The van der Waals surface area contributed by atoms with Crippen LogP contribution >= 0.6 is 11.8 Å². The van der Waals surface area contributed by atoms with Crippen LogP contribution in [0.2, 0.25) is 0 Å². The van der Waals surface area contributed by atoms with Crippen molar-refractivity contribution in [1.82, 2.24) is 14.8 Å². The molecule has 5 nitrogen and oxygen atoms in total. The minimum absolute atomic E-state index is 0.697. The third-order valence-corrected chi connectivity index (χ3v) is 5.80. The minimum Gasteiger partial charge on any atom is -0.372 e. The van der Waals surface area contributed by atoms with Gasteiger partial charge in [0, 0.05) is 36.6 Å². The van der Waals surface area contributed by atoms with Gasteiger partial charge in [0.25, 0.3) is 0 Å². The number of rotatable bonds is 8. The molecule has 3 aromatic rings. The van der Waals surface area contributed by atoms with E-state index in [1.165, 1.54) is 5.69 Å².